The SMILES string of the molecule is OCCN(CCO)c1ccc(/C=C/c2ccc(/C=C/c3ccncc3)cc2)cc1. The van der Waals surface area contributed by atoms with Crippen molar-refractivity contribution < 1.29 is 10.2 Å². The van der Waals surface area contributed by atoms with Crippen LogP contribution in [0.1, 0.15) is 22.3 Å². The standard InChI is InChI=1S/C25H26N2O2/c28-19-17-27(18-20-29)25-11-9-23(10-12-25)6-5-21-1-3-22(4-2-21)7-8-24-13-15-26-16-14-24/h1-16,28-29H,17-20H2/b6-5+,8-7+. The third-order valence-electron chi connectivity index (χ3n) is 4.58. The van der Waals surface area contributed by atoms with E-state index in [0.717, 1.165) is 27.9 Å². The Morgan fingerprint density at radius 1 is 0.586 bits per heavy atom. The number of benzene rings is 2. The fourth-order valence-corrected chi connectivity index (χ4v) is 2.99. The molecule has 0 amide bonds. The summed E-state index contributed by atoms with van der Waals surface area (Å²) in [5.74, 6) is 0. The average Bonchev–Trinajstić information content (AvgIpc) is 2.78. The fourth-order valence-electron chi connectivity index (χ4n) is 2.99. The molecule has 0 aliphatic carbocycles. The summed E-state index contributed by atoms with van der Waals surface area (Å²) in [7, 11) is 0. The van der Waals surface area contributed by atoms with Crippen LogP contribution in [0.25, 0.3) is 24.3 Å². The van der Waals surface area contributed by atoms with Gasteiger partial charge in [-0.05, 0) is 46.5 Å². The van der Waals surface area contributed by atoms with Crippen molar-refractivity contribution in [2.45, 2.75) is 0 Å². The van der Waals surface area contributed by atoms with Gasteiger partial charge in [0.2, 0.25) is 0 Å². The van der Waals surface area contributed by atoms with E-state index in [1.165, 1.54) is 0 Å². The zero-order valence-corrected chi connectivity index (χ0v) is 16.4. The van der Waals surface area contributed by atoms with E-state index in [1.807, 2.05) is 41.3 Å². The average molecular weight is 386 g/mol. The summed E-state index contributed by atoms with van der Waals surface area (Å²) in [4.78, 5) is 5.99. The minimum Gasteiger partial charge on any atom is -0.395 e. The molecular formula is C25H26N2O2. The molecule has 0 aliphatic heterocycles. The maximum absolute atomic E-state index is 9.16. The predicted octanol–water partition coefficient (Wildman–Crippen LogP) is 4.21. The summed E-state index contributed by atoms with van der Waals surface area (Å²) < 4.78 is 0. The van der Waals surface area contributed by atoms with Gasteiger partial charge in [-0.2, -0.15) is 0 Å². The molecule has 3 aromatic rings. The molecule has 0 atom stereocenters. The molecule has 0 spiro atoms. The van der Waals surface area contributed by atoms with Gasteiger partial charge in [-0.15, -0.1) is 0 Å². The van der Waals surface area contributed by atoms with Gasteiger partial charge in [-0.3, -0.25) is 4.98 Å². The van der Waals surface area contributed by atoms with Crippen LogP contribution < -0.4 is 4.90 Å². The van der Waals surface area contributed by atoms with E-state index in [2.05, 4.69) is 53.6 Å². The van der Waals surface area contributed by atoms with Crippen LogP contribution in [-0.4, -0.2) is 41.5 Å². The molecule has 2 N–H and O–H groups in total. The minimum absolute atomic E-state index is 0.0649. The van der Waals surface area contributed by atoms with Crippen LogP contribution in [-0.2, 0) is 0 Å². The van der Waals surface area contributed by atoms with Crippen LogP contribution in [0.2, 0.25) is 0 Å². The molecule has 0 bridgehead atoms. The first-order valence-corrected chi connectivity index (χ1v) is 9.71. The molecule has 2 aromatic carbocycles. The predicted molar refractivity (Wildman–Crippen MR) is 121 cm³/mol. The number of aliphatic hydroxyl groups excluding tert-OH is 2. The summed E-state index contributed by atoms with van der Waals surface area (Å²) in [5.41, 5.74) is 5.51. The number of aromatic nitrogens is 1. The zero-order chi connectivity index (χ0) is 20.3. The van der Waals surface area contributed by atoms with Gasteiger partial charge in [0.15, 0.2) is 0 Å². The van der Waals surface area contributed by atoms with E-state index in [-0.39, 0.29) is 13.2 Å². The van der Waals surface area contributed by atoms with Crippen molar-refractivity contribution in [1.82, 2.24) is 4.98 Å². The number of anilines is 1. The highest BCUT2D eigenvalue weighted by atomic mass is 16.3. The van der Waals surface area contributed by atoms with Crippen LogP contribution in [0.15, 0.2) is 73.1 Å². The monoisotopic (exact) mass is 386 g/mol. The summed E-state index contributed by atoms with van der Waals surface area (Å²) in [6.45, 7) is 1.15. The van der Waals surface area contributed by atoms with E-state index in [9.17, 15) is 0 Å². The largest absolute Gasteiger partial charge is 0.395 e. The molecule has 3 rings (SSSR count). The molecular weight excluding hydrogens is 360 g/mol. The maximum Gasteiger partial charge on any atom is 0.0606 e. The second kappa shape index (κ2) is 11.0. The van der Waals surface area contributed by atoms with Gasteiger partial charge in [0.25, 0.3) is 0 Å². The first kappa shape index (κ1) is 20.5. The van der Waals surface area contributed by atoms with Crippen molar-refractivity contribution in [1.29, 1.82) is 0 Å². The van der Waals surface area contributed by atoms with Crippen LogP contribution >= 0.6 is 0 Å². The van der Waals surface area contributed by atoms with Gasteiger partial charge in [0.05, 0.1) is 13.2 Å². The van der Waals surface area contributed by atoms with E-state index in [4.69, 9.17) is 10.2 Å². The van der Waals surface area contributed by atoms with Crippen molar-refractivity contribution in [3.05, 3.63) is 95.3 Å². The Hall–Kier alpha value is -3.21. The smallest absolute Gasteiger partial charge is 0.0606 e. The molecule has 4 nitrogen and oxygen atoms in total. The van der Waals surface area contributed by atoms with Gasteiger partial charge in [0.1, 0.15) is 0 Å². The molecule has 1 aromatic heterocycles. The number of hydrogen-bond donors (Lipinski definition) is 2. The summed E-state index contributed by atoms with van der Waals surface area (Å²) in [6, 6.07) is 20.5. The van der Waals surface area contributed by atoms with E-state index in [1.54, 1.807) is 12.4 Å². The highest BCUT2D eigenvalue weighted by molar-refractivity contribution is 5.73. The van der Waals surface area contributed by atoms with E-state index in [0.29, 0.717) is 13.1 Å². The van der Waals surface area contributed by atoms with Gasteiger partial charge in [-0.1, -0.05) is 60.7 Å². The molecule has 0 fully saturated rings. The van der Waals surface area contributed by atoms with Crippen LogP contribution in [0.5, 0.6) is 0 Å². The number of hydrogen-bond acceptors (Lipinski definition) is 4. The third-order valence-corrected chi connectivity index (χ3v) is 4.58. The lowest BCUT2D eigenvalue weighted by molar-refractivity contribution is 0.281. The second-order valence-corrected chi connectivity index (χ2v) is 6.64. The van der Waals surface area contributed by atoms with Crippen molar-refractivity contribution in [2.24, 2.45) is 0 Å². The Labute approximate surface area is 172 Å². The fraction of sp³-hybridized carbons (Fsp3) is 0.160. The summed E-state index contributed by atoms with van der Waals surface area (Å²) in [6.07, 6.45) is 11.9. The Bertz CT molecular complexity index is 911. The highest BCUT2D eigenvalue weighted by Crippen LogP contribution is 2.17. The van der Waals surface area contributed by atoms with Crippen LogP contribution in [0.3, 0.4) is 0 Å². The maximum atomic E-state index is 9.16. The lowest BCUT2D eigenvalue weighted by Gasteiger charge is -2.22. The van der Waals surface area contributed by atoms with Gasteiger partial charge in [-0.25, -0.2) is 0 Å². The molecule has 1 heterocycles. The first-order valence-electron chi connectivity index (χ1n) is 9.71. The molecule has 0 unspecified atom stereocenters. The number of nitrogens with zero attached hydrogens (tertiary/aromatic N) is 2. The van der Waals surface area contributed by atoms with Crippen molar-refractivity contribution in [3.63, 3.8) is 0 Å². The van der Waals surface area contributed by atoms with E-state index < -0.39 is 0 Å². The lowest BCUT2D eigenvalue weighted by Crippen LogP contribution is -2.29. The number of pyridine rings is 1. The van der Waals surface area contributed by atoms with Gasteiger partial charge < -0.3 is 15.1 Å². The molecule has 4 heteroatoms. The normalized spacial score (nSPS) is 11.4. The number of aliphatic hydroxyl groups is 2. The molecule has 0 saturated heterocycles. The Morgan fingerprint density at radius 2 is 0.966 bits per heavy atom. The first-order chi connectivity index (χ1) is 14.3. The molecule has 29 heavy (non-hydrogen) atoms. The molecule has 148 valence electrons. The van der Waals surface area contributed by atoms with Gasteiger partial charge in [0, 0.05) is 31.2 Å². The zero-order valence-electron chi connectivity index (χ0n) is 16.4. The van der Waals surface area contributed by atoms with Crippen LogP contribution in [0.4, 0.5) is 5.69 Å². The second-order valence-electron chi connectivity index (χ2n) is 6.64. The minimum atomic E-state index is 0.0649. The molecule has 0 aliphatic rings. The quantitative estimate of drug-likeness (QED) is 0.541. The van der Waals surface area contributed by atoms with E-state index >= 15 is 0 Å². The Kier molecular flexibility index (Phi) is 7.75. The van der Waals surface area contributed by atoms with Crippen molar-refractivity contribution in [3.8, 4) is 0 Å². The lowest BCUT2D eigenvalue weighted by atomic mass is 10.1. The summed E-state index contributed by atoms with van der Waals surface area (Å²) in [5, 5.41) is 18.3. The number of rotatable bonds is 9. The van der Waals surface area contributed by atoms with Crippen LogP contribution in [0, 0.1) is 0 Å². The molecule has 0 radical (unpaired) electrons. The van der Waals surface area contributed by atoms with Gasteiger partial charge >= 0.3 is 0 Å². The Balaban J connectivity index is 1.61. The Morgan fingerprint density at radius 3 is 1.38 bits per heavy atom. The highest BCUT2D eigenvalue weighted by Gasteiger charge is 2.04. The molecule has 0 saturated carbocycles. The third kappa shape index (κ3) is 6.42. The van der Waals surface area contributed by atoms with Crippen molar-refractivity contribution >= 4 is 30.0 Å². The topological polar surface area (TPSA) is 56.6 Å². The van der Waals surface area contributed by atoms with Crippen molar-refractivity contribution in [2.75, 3.05) is 31.2 Å². The summed E-state index contributed by atoms with van der Waals surface area (Å²) >= 11 is 0.